The molecule has 0 fully saturated rings. The first-order chi connectivity index (χ1) is 5.79. The van der Waals surface area contributed by atoms with Gasteiger partial charge in [0, 0.05) is 11.6 Å². The van der Waals surface area contributed by atoms with Crippen molar-refractivity contribution in [1.29, 1.82) is 0 Å². The summed E-state index contributed by atoms with van der Waals surface area (Å²) in [6, 6.07) is 0. The Morgan fingerprint density at radius 3 is 3.00 bits per heavy atom. The molecule has 0 bridgehead atoms. The monoisotopic (exact) mass is 185 g/mol. The molecule has 0 saturated carbocycles. The van der Waals surface area contributed by atoms with Gasteiger partial charge in [-0.3, -0.25) is 0 Å². The van der Waals surface area contributed by atoms with Crippen LogP contribution in [-0.4, -0.2) is 13.1 Å². The maximum absolute atomic E-state index is 5.62. The normalized spacial score (nSPS) is 22.6. The minimum absolute atomic E-state index is 0.696. The molecule has 0 aromatic carbocycles. The minimum atomic E-state index is 0.696. The molecule has 0 radical (unpaired) electrons. The van der Waals surface area contributed by atoms with E-state index in [1.807, 2.05) is 0 Å². The van der Waals surface area contributed by atoms with E-state index in [9.17, 15) is 0 Å². The van der Waals surface area contributed by atoms with E-state index < -0.39 is 0 Å². The van der Waals surface area contributed by atoms with E-state index in [0.717, 1.165) is 19.0 Å². The van der Waals surface area contributed by atoms with E-state index in [0.29, 0.717) is 5.03 Å². The third kappa shape index (κ3) is 3.93. The average Bonchev–Trinajstić information content (AvgIpc) is 2.05. The molecule has 1 aliphatic rings. The Kier molecular flexibility index (Phi) is 4.41. The quantitative estimate of drug-likeness (QED) is 0.665. The van der Waals surface area contributed by atoms with Gasteiger partial charge in [0.1, 0.15) is 0 Å². The van der Waals surface area contributed by atoms with Gasteiger partial charge in [-0.2, -0.15) is 0 Å². The highest BCUT2D eigenvalue weighted by atomic mass is 35.5. The molecule has 0 spiro atoms. The molecule has 1 aliphatic carbocycles. The first-order valence-corrected chi connectivity index (χ1v) is 4.86. The van der Waals surface area contributed by atoms with Crippen LogP contribution in [0.25, 0.3) is 0 Å². The fourth-order valence-corrected chi connectivity index (χ4v) is 1.55. The summed E-state index contributed by atoms with van der Waals surface area (Å²) >= 11 is 5.62. The van der Waals surface area contributed by atoms with Crippen molar-refractivity contribution in [2.45, 2.75) is 19.3 Å². The first-order valence-electron chi connectivity index (χ1n) is 4.48. The van der Waals surface area contributed by atoms with Crippen LogP contribution in [0.1, 0.15) is 19.3 Å². The second kappa shape index (κ2) is 5.39. The summed E-state index contributed by atoms with van der Waals surface area (Å²) in [5, 5.41) is 3.98. The zero-order valence-electron chi connectivity index (χ0n) is 7.35. The van der Waals surface area contributed by atoms with Crippen LogP contribution in [0.4, 0.5) is 0 Å². The Morgan fingerprint density at radius 2 is 2.42 bits per heavy atom. The van der Waals surface area contributed by atoms with Crippen molar-refractivity contribution in [2.24, 2.45) is 5.92 Å². The molecule has 0 aliphatic heterocycles. The van der Waals surface area contributed by atoms with Crippen LogP contribution < -0.4 is 5.32 Å². The van der Waals surface area contributed by atoms with Crippen molar-refractivity contribution in [1.82, 2.24) is 5.32 Å². The van der Waals surface area contributed by atoms with Gasteiger partial charge in [0.15, 0.2) is 0 Å². The van der Waals surface area contributed by atoms with Crippen molar-refractivity contribution in [2.75, 3.05) is 13.1 Å². The summed E-state index contributed by atoms with van der Waals surface area (Å²) < 4.78 is 0. The predicted molar refractivity (Wildman–Crippen MR) is 54.3 cm³/mol. The van der Waals surface area contributed by atoms with Crippen LogP contribution in [-0.2, 0) is 0 Å². The molecule has 0 saturated heterocycles. The van der Waals surface area contributed by atoms with Gasteiger partial charge in [-0.1, -0.05) is 30.3 Å². The van der Waals surface area contributed by atoms with Gasteiger partial charge in [0.25, 0.3) is 0 Å². The van der Waals surface area contributed by atoms with E-state index in [4.69, 9.17) is 11.6 Å². The molecule has 0 aromatic rings. The lowest BCUT2D eigenvalue weighted by molar-refractivity contribution is 0.450. The van der Waals surface area contributed by atoms with Crippen LogP contribution in [0.15, 0.2) is 23.8 Å². The van der Waals surface area contributed by atoms with Gasteiger partial charge in [0.05, 0.1) is 0 Å². The van der Waals surface area contributed by atoms with Gasteiger partial charge in [-0.05, 0) is 31.7 Å². The predicted octanol–water partition coefficient (Wildman–Crippen LogP) is 2.68. The minimum Gasteiger partial charge on any atom is -0.312 e. The summed E-state index contributed by atoms with van der Waals surface area (Å²) in [6.45, 7) is 5.43. The standard InChI is InChI=1S/C10H16ClN/c1-9(11)7-12-8-10-5-3-2-4-6-10/h2-3,10,12H,1,4-8H2. The Balaban J connectivity index is 2.06. The van der Waals surface area contributed by atoms with E-state index in [2.05, 4.69) is 24.0 Å². The topological polar surface area (TPSA) is 12.0 Å². The molecule has 0 amide bonds. The van der Waals surface area contributed by atoms with Crippen LogP contribution in [0.5, 0.6) is 0 Å². The number of allylic oxidation sites excluding steroid dienone is 2. The van der Waals surface area contributed by atoms with Gasteiger partial charge in [-0.15, -0.1) is 0 Å². The summed E-state index contributed by atoms with van der Waals surface area (Å²) in [5.41, 5.74) is 0. The smallest absolute Gasteiger partial charge is 0.0307 e. The van der Waals surface area contributed by atoms with Crippen molar-refractivity contribution in [3.63, 3.8) is 0 Å². The van der Waals surface area contributed by atoms with Gasteiger partial charge < -0.3 is 5.32 Å². The number of hydrogen-bond donors (Lipinski definition) is 1. The molecular weight excluding hydrogens is 170 g/mol. The number of rotatable bonds is 4. The third-order valence-corrected chi connectivity index (χ3v) is 2.26. The molecule has 2 heteroatoms. The Labute approximate surface area is 79.5 Å². The lowest BCUT2D eigenvalue weighted by atomic mass is 9.94. The van der Waals surface area contributed by atoms with Crippen LogP contribution in [0, 0.1) is 5.92 Å². The van der Waals surface area contributed by atoms with Crippen LogP contribution in [0.3, 0.4) is 0 Å². The zero-order chi connectivity index (χ0) is 8.81. The molecule has 0 heterocycles. The lowest BCUT2D eigenvalue weighted by Crippen LogP contribution is -2.24. The Hall–Kier alpha value is -0.270. The summed E-state index contributed by atoms with van der Waals surface area (Å²) in [4.78, 5) is 0. The first kappa shape index (κ1) is 9.82. The fraction of sp³-hybridized carbons (Fsp3) is 0.600. The highest BCUT2D eigenvalue weighted by Gasteiger charge is 2.08. The molecule has 1 unspecified atom stereocenters. The molecule has 1 N–H and O–H groups in total. The highest BCUT2D eigenvalue weighted by molar-refractivity contribution is 6.29. The van der Waals surface area contributed by atoms with E-state index in [1.54, 1.807) is 0 Å². The third-order valence-electron chi connectivity index (χ3n) is 2.13. The zero-order valence-corrected chi connectivity index (χ0v) is 8.11. The van der Waals surface area contributed by atoms with E-state index in [-0.39, 0.29) is 0 Å². The molecule has 12 heavy (non-hydrogen) atoms. The second-order valence-electron chi connectivity index (χ2n) is 3.30. The molecule has 1 nitrogen and oxygen atoms in total. The van der Waals surface area contributed by atoms with Gasteiger partial charge >= 0.3 is 0 Å². The Morgan fingerprint density at radius 1 is 1.58 bits per heavy atom. The molecule has 0 aromatic heterocycles. The average molecular weight is 186 g/mol. The number of halogens is 1. The summed E-state index contributed by atoms with van der Waals surface area (Å²) in [6.07, 6.45) is 8.27. The Bertz CT molecular complexity index is 175. The maximum atomic E-state index is 5.62. The van der Waals surface area contributed by atoms with Gasteiger partial charge in [0.2, 0.25) is 0 Å². The summed E-state index contributed by atoms with van der Waals surface area (Å²) in [5.74, 6) is 0.797. The van der Waals surface area contributed by atoms with Crippen LogP contribution in [0.2, 0.25) is 0 Å². The van der Waals surface area contributed by atoms with Crippen molar-refractivity contribution in [3.8, 4) is 0 Å². The van der Waals surface area contributed by atoms with Crippen molar-refractivity contribution in [3.05, 3.63) is 23.8 Å². The fourth-order valence-electron chi connectivity index (χ4n) is 1.45. The van der Waals surface area contributed by atoms with Crippen molar-refractivity contribution >= 4 is 11.6 Å². The van der Waals surface area contributed by atoms with Gasteiger partial charge in [-0.25, -0.2) is 0 Å². The van der Waals surface area contributed by atoms with E-state index >= 15 is 0 Å². The number of nitrogens with one attached hydrogen (secondary N) is 1. The molecular formula is C10H16ClN. The van der Waals surface area contributed by atoms with Crippen molar-refractivity contribution < 1.29 is 0 Å². The molecule has 68 valence electrons. The molecule has 1 rings (SSSR count). The maximum Gasteiger partial charge on any atom is 0.0307 e. The second-order valence-corrected chi connectivity index (χ2v) is 3.83. The van der Waals surface area contributed by atoms with Crippen LogP contribution >= 0.6 is 11.6 Å². The largest absolute Gasteiger partial charge is 0.312 e. The number of hydrogen-bond acceptors (Lipinski definition) is 1. The highest BCUT2D eigenvalue weighted by Crippen LogP contribution is 2.16. The SMILES string of the molecule is C=C(Cl)CNCC1CC=CCC1. The van der Waals surface area contributed by atoms with E-state index in [1.165, 1.54) is 19.3 Å². The lowest BCUT2D eigenvalue weighted by Gasteiger charge is -2.17. The summed E-state index contributed by atoms with van der Waals surface area (Å²) in [7, 11) is 0. The molecule has 1 atom stereocenters.